The summed E-state index contributed by atoms with van der Waals surface area (Å²) >= 11 is 0. The third-order valence-corrected chi connectivity index (χ3v) is 13.2. The Morgan fingerprint density at radius 1 is 0.420 bits per heavy atom. The molecule has 1 heterocycles. The number of ether oxygens (including phenoxy) is 5. The van der Waals surface area contributed by atoms with E-state index in [1.165, 1.54) is 25.7 Å². The molecule has 0 amide bonds. The Morgan fingerprint density at radius 3 is 1.21 bits per heavy atom. The maximum atomic E-state index is 13.2. The van der Waals surface area contributed by atoms with Crippen molar-refractivity contribution in [3.8, 4) is 0 Å². The molecule has 6 atom stereocenters. The number of rotatable bonds is 51. The minimum absolute atomic E-state index is 0.00980. The Hall–Kier alpha value is -5.14. The van der Waals surface area contributed by atoms with Gasteiger partial charge in [-0.15, -0.1) is 0 Å². The summed E-state index contributed by atoms with van der Waals surface area (Å²) < 4.78 is 28.4. The zero-order valence-electron chi connectivity index (χ0n) is 50.2. The number of aliphatic hydroxyl groups excluding tert-OH is 2. The quantitative estimate of drug-likeness (QED) is 0.0228. The zero-order chi connectivity index (χ0) is 58.9. The summed E-state index contributed by atoms with van der Waals surface area (Å²) in [6, 6.07) is 0. The van der Waals surface area contributed by atoms with E-state index in [2.05, 4.69) is 154 Å². The second kappa shape index (κ2) is 55.4. The molecule has 1 fully saturated rings. The number of aliphatic hydroxyl groups is 2. The van der Waals surface area contributed by atoms with Crippen LogP contribution < -0.4 is 0 Å². The van der Waals surface area contributed by atoms with Crippen molar-refractivity contribution in [2.75, 3.05) is 13.2 Å². The van der Waals surface area contributed by atoms with Gasteiger partial charge in [0.25, 0.3) is 0 Å². The van der Waals surface area contributed by atoms with Gasteiger partial charge < -0.3 is 39.0 Å². The Bertz CT molecular complexity index is 1920. The Morgan fingerprint density at radius 2 is 0.778 bits per heavy atom. The number of allylic oxidation sites excluding steroid dienone is 22. The molecule has 3 N–H and O–H groups in total. The van der Waals surface area contributed by atoms with Gasteiger partial charge in [0, 0.05) is 19.3 Å². The molecule has 0 aromatic heterocycles. The predicted molar refractivity (Wildman–Crippen MR) is 330 cm³/mol. The van der Waals surface area contributed by atoms with E-state index >= 15 is 0 Å². The van der Waals surface area contributed by atoms with Crippen LogP contribution >= 0.6 is 0 Å². The molecular formula is C69H108O12. The fourth-order valence-corrected chi connectivity index (χ4v) is 8.47. The maximum absolute atomic E-state index is 13.2. The third-order valence-electron chi connectivity index (χ3n) is 13.2. The fraction of sp³-hybridized carbons (Fsp3) is 0.623. The molecule has 0 aromatic rings. The van der Waals surface area contributed by atoms with Crippen molar-refractivity contribution >= 4 is 23.9 Å². The van der Waals surface area contributed by atoms with Crippen LogP contribution in [0.3, 0.4) is 0 Å². The highest BCUT2D eigenvalue weighted by Crippen LogP contribution is 2.26. The molecule has 81 heavy (non-hydrogen) atoms. The molecule has 0 aliphatic carbocycles. The average molecular weight is 1130 g/mol. The van der Waals surface area contributed by atoms with E-state index in [0.717, 1.165) is 141 Å². The number of esters is 3. The van der Waals surface area contributed by atoms with Crippen LogP contribution in [-0.2, 0) is 42.9 Å². The van der Waals surface area contributed by atoms with Gasteiger partial charge in [-0.2, -0.15) is 0 Å². The van der Waals surface area contributed by atoms with Crippen LogP contribution in [0.2, 0.25) is 0 Å². The Kier molecular flexibility index (Phi) is 50.5. The molecule has 12 nitrogen and oxygen atoms in total. The van der Waals surface area contributed by atoms with E-state index in [9.17, 15) is 34.5 Å². The number of carbonyl (C=O) groups excluding carboxylic acids is 3. The van der Waals surface area contributed by atoms with Crippen LogP contribution in [0, 0.1) is 0 Å². The number of carbonyl (C=O) groups is 4. The van der Waals surface area contributed by atoms with Crippen molar-refractivity contribution in [3.63, 3.8) is 0 Å². The number of unbranched alkanes of at least 4 members (excludes halogenated alkanes) is 15. The lowest BCUT2D eigenvalue weighted by molar-refractivity contribution is -0.301. The first-order valence-corrected chi connectivity index (χ1v) is 31.2. The molecule has 0 radical (unpaired) electrons. The van der Waals surface area contributed by atoms with Gasteiger partial charge in [-0.05, 0) is 135 Å². The van der Waals surface area contributed by atoms with Crippen molar-refractivity contribution in [1.82, 2.24) is 0 Å². The van der Waals surface area contributed by atoms with Crippen molar-refractivity contribution in [3.05, 3.63) is 134 Å². The smallest absolute Gasteiger partial charge is 0.335 e. The maximum Gasteiger partial charge on any atom is 0.335 e. The molecule has 1 aliphatic rings. The van der Waals surface area contributed by atoms with Gasteiger partial charge in [0.1, 0.15) is 18.8 Å². The van der Waals surface area contributed by atoms with E-state index in [0.29, 0.717) is 19.3 Å². The summed E-state index contributed by atoms with van der Waals surface area (Å²) in [6.07, 6.45) is 65.5. The molecule has 0 bridgehead atoms. The topological polar surface area (TPSA) is 175 Å². The summed E-state index contributed by atoms with van der Waals surface area (Å²) in [4.78, 5) is 51.2. The highest BCUT2D eigenvalue weighted by Gasteiger charge is 2.50. The van der Waals surface area contributed by atoms with Crippen molar-refractivity contribution in [2.24, 2.45) is 0 Å². The lowest BCUT2D eigenvalue weighted by Crippen LogP contribution is -2.61. The normalized spacial score (nSPS) is 18.7. The van der Waals surface area contributed by atoms with Crippen LogP contribution in [0.25, 0.3) is 0 Å². The Labute approximate surface area is 490 Å². The first kappa shape index (κ1) is 73.9. The van der Waals surface area contributed by atoms with Gasteiger partial charge >= 0.3 is 23.9 Å². The summed E-state index contributed by atoms with van der Waals surface area (Å²) in [7, 11) is 0. The lowest BCUT2D eigenvalue weighted by atomic mass is 9.98. The third kappa shape index (κ3) is 45.1. The molecule has 0 aromatic carbocycles. The van der Waals surface area contributed by atoms with E-state index in [1.54, 1.807) is 0 Å². The molecular weight excluding hydrogens is 1020 g/mol. The first-order chi connectivity index (χ1) is 39.6. The number of hydrogen-bond acceptors (Lipinski definition) is 11. The molecule has 6 unspecified atom stereocenters. The summed E-state index contributed by atoms with van der Waals surface area (Å²) in [5.41, 5.74) is 0. The summed E-state index contributed by atoms with van der Waals surface area (Å²) in [6.45, 7) is 5.69. The molecule has 1 rings (SSSR count). The van der Waals surface area contributed by atoms with Crippen LogP contribution in [0.15, 0.2) is 134 Å². The van der Waals surface area contributed by atoms with E-state index < -0.39 is 67.3 Å². The van der Waals surface area contributed by atoms with Gasteiger partial charge in [0.05, 0.1) is 6.61 Å². The highest BCUT2D eigenvalue weighted by atomic mass is 16.7. The van der Waals surface area contributed by atoms with Gasteiger partial charge in [-0.1, -0.05) is 206 Å². The zero-order valence-corrected chi connectivity index (χ0v) is 50.2. The second-order valence-corrected chi connectivity index (χ2v) is 20.6. The standard InChI is InChI=1S/C69H108O12/c1-4-7-10-13-16-19-22-25-27-29-31-33-35-38-40-43-46-49-52-55-61(70)77-58-60(79-62(71)56-53-50-47-44-41-37-24-21-18-15-12-9-6-3)59-78-69-67(65(74)64(73)66(81-69)68(75)76)80-63(72)57-54-51-48-45-42-39-36-34-32-30-28-26-23-20-17-14-11-8-5-2/h7-8,10-11,16-17,19-21,24-28,31-34,38-40,42,60,64-67,69,73-74H,4-6,9,12-15,18,22-23,29-30,35-37,41,43-59H2,1-3H3,(H,75,76)/b10-7-,11-8-,19-16-,20-17-,24-21-,27-25-,28-26-,33-31-,34-32-,40-38-,42-39-. The molecule has 0 spiro atoms. The van der Waals surface area contributed by atoms with Gasteiger partial charge in [-0.25, -0.2) is 4.79 Å². The highest BCUT2D eigenvalue weighted by molar-refractivity contribution is 5.74. The van der Waals surface area contributed by atoms with Gasteiger partial charge in [-0.3, -0.25) is 14.4 Å². The first-order valence-electron chi connectivity index (χ1n) is 31.2. The van der Waals surface area contributed by atoms with E-state index in [4.69, 9.17) is 23.7 Å². The summed E-state index contributed by atoms with van der Waals surface area (Å²) in [5.74, 6) is -3.23. The predicted octanol–water partition coefficient (Wildman–Crippen LogP) is 16.6. The minimum Gasteiger partial charge on any atom is -0.479 e. The summed E-state index contributed by atoms with van der Waals surface area (Å²) in [5, 5.41) is 31.5. The van der Waals surface area contributed by atoms with Crippen LogP contribution in [-0.4, -0.2) is 89.2 Å². The lowest BCUT2D eigenvalue weighted by Gasteiger charge is -2.40. The second-order valence-electron chi connectivity index (χ2n) is 20.6. The van der Waals surface area contributed by atoms with E-state index in [1.807, 2.05) is 0 Å². The fourth-order valence-electron chi connectivity index (χ4n) is 8.47. The average Bonchev–Trinajstić information content (AvgIpc) is 3.45. The van der Waals surface area contributed by atoms with Crippen molar-refractivity contribution in [2.45, 2.75) is 263 Å². The van der Waals surface area contributed by atoms with Crippen molar-refractivity contribution < 1.29 is 58.2 Å². The molecule has 12 heteroatoms. The van der Waals surface area contributed by atoms with Crippen LogP contribution in [0.5, 0.6) is 0 Å². The SMILES string of the molecule is CC/C=C\C/C=C\C/C=C\C/C=C\C/C=C\CCCCCC(=O)OCC(COC1OC(C(=O)O)C(O)C(O)C1OC(=O)CCCCC/C=C\C/C=C\C/C=C\C/C=C\C/C=C\CC)OC(=O)CCCCCCC/C=C\CCCCCC. The van der Waals surface area contributed by atoms with Gasteiger partial charge in [0.15, 0.2) is 24.6 Å². The van der Waals surface area contributed by atoms with Crippen LogP contribution in [0.4, 0.5) is 0 Å². The van der Waals surface area contributed by atoms with Crippen LogP contribution in [0.1, 0.15) is 226 Å². The number of carboxylic acids is 1. The largest absolute Gasteiger partial charge is 0.479 e. The number of aliphatic carboxylic acids is 1. The monoisotopic (exact) mass is 1130 g/mol. The minimum atomic E-state index is -1.93. The number of hydrogen-bond donors (Lipinski definition) is 3. The van der Waals surface area contributed by atoms with Crippen molar-refractivity contribution in [1.29, 1.82) is 0 Å². The molecule has 1 aliphatic heterocycles. The molecule has 1 saturated heterocycles. The molecule has 0 saturated carbocycles. The van der Waals surface area contributed by atoms with E-state index in [-0.39, 0.29) is 25.9 Å². The molecule has 456 valence electrons. The van der Waals surface area contributed by atoms with Gasteiger partial charge in [0.2, 0.25) is 0 Å². The Balaban J connectivity index is 2.72. The number of carboxylic acid groups (broad SMARTS) is 1.